The van der Waals surface area contributed by atoms with Crippen molar-refractivity contribution < 1.29 is 14.3 Å². The molecule has 0 spiro atoms. The minimum Gasteiger partial charge on any atom is -0.458 e. The highest BCUT2D eigenvalue weighted by Crippen LogP contribution is 2.42. The summed E-state index contributed by atoms with van der Waals surface area (Å²) < 4.78 is 5.46. The van der Waals surface area contributed by atoms with Crippen LogP contribution in [0.2, 0.25) is 0 Å². The number of hydrogen-bond donors (Lipinski definition) is 0. The Bertz CT molecular complexity index is 655. The molecular formula is C22H30O3. The van der Waals surface area contributed by atoms with Crippen molar-refractivity contribution in [1.82, 2.24) is 0 Å². The predicted molar refractivity (Wildman–Crippen MR) is 103 cm³/mol. The second-order valence-electron chi connectivity index (χ2n) is 7.27. The molecule has 3 nitrogen and oxygen atoms in total. The van der Waals surface area contributed by atoms with Gasteiger partial charge in [-0.2, -0.15) is 0 Å². The van der Waals surface area contributed by atoms with Gasteiger partial charge in [-0.15, -0.1) is 0 Å². The first kappa shape index (κ1) is 20.9. The summed E-state index contributed by atoms with van der Waals surface area (Å²) in [6.07, 6.45) is 14.1. The van der Waals surface area contributed by atoms with Crippen molar-refractivity contribution in [3.05, 3.63) is 58.7 Å². The van der Waals surface area contributed by atoms with E-state index >= 15 is 0 Å². The number of ether oxygens (including phenoxy) is 1. The molecule has 0 heterocycles. The Morgan fingerprint density at radius 3 is 2.36 bits per heavy atom. The standard InChI is InChI=1S/C22H30O3/c1-16(8-7-9-17(2)13-15-23)10-11-20-18(3)21(25-19(4)24)12-14-22(20,5)6/h7-11,13,15,21H,12,14H2,1-6H3/b9-7+,11-10+,16-8+,17-13+. The fourth-order valence-corrected chi connectivity index (χ4v) is 3.04. The van der Waals surface area contributed by atoms with Crippen LogP contribution >= 0.6 is 0 Å². The van der Waals surface area contributed by atoms with Crippen LogP contribution < -0.4 is 0 Å². The largest absolute Gasteiger partial charge is 0.458 e. The number of allylic oxidation sites excluding steroid dienone is 9. The molecule has 0 saturated heterocycles. The van der Waals surface area contributed by atoms with Gasteiger partial charge in [-0.3, -0.25) is 9.59 Å². The number of aldehydes is 1. The Morgan fingerprint density at radius 2 is 1.76 bits per heavy atom. The molecule has 1 aliphatic carbocycles. The summed E-state index contributed by atoms with van der Waals surface area (Å²) in [4.78, 5) is 21.7. The molecule has 1 atom stereocenters. The molecule has 136 valence electrons. The number of rotatable bonds is 6. The zero-order chi connectivity index (χ0) is 19.0. The Hall–Kier alpha value is -2.16. The van der Waals surface area contributed by atoms with E-state index in [4.69, 9.17) is 4.74 Å². The fourth-order valence-electron chi connectivity index (χ4n) is 3.04. The van der Waals surface area contributed by atoms with Crippen LogP contribution in [-0.2, 0) is 14.3 Å². The van der Waals surface area contributed by atoms with E-state index in [0.717, 1.165) is 35.8 Å². The molecular weight excluding hydrogens is 312 g/mol. The number of esters is 1. The van der Waals surface area contributed by atoms with Gasteiger partial charge in [0.1, 0.15) is 12.4 Å². The lowest BCUT2D eigenvalue weighted by Gasteiger charge is -2.36. The molecule has 0 aromatic carbocycles. The van der Waals surface area contributed by atoms with Crippen LogP contribution in [0.4, 0.5) is 0 Å². The molecule has 0 radical (unpaired) electrons. The highest BCUT2D eigenvalue weighted by atomic mass is 16.5. The molecule has 3 heteroatoms. The van der Waals surface area contributed by atoms with Crippen molar-refractivity contribution in [2.75, 3.05) is 0 Å². The van der Waals surface area contributed by atoms with Crippen molar-refractivity contribution in [3.8, 4) is 0 Å². The summed E-state index contributed by atoms with van der Waals surface area (Å²) in [7, 11) is 0. The quantitative estimate of drug-likeness (QED) is 0.286. The molecule has 0 saturated carbocycles. The topological polar surface area (TPSA) is 43.4 Å². The third-order valence-corrected chi connectivity index (χ3v) is 4.54. The van der Waals surface area contributed by atoms with Crippen LogP contribution in [0.5, 0.6) is 0 Å². The molecule has 1 rings (SSSR count). The smallest absolute Gasteiger partial charge is 0.303 e. The molecule has 0 amide bonds. The SMILES string of the molecule is CC(=O)OC1CCC(C)(C)C(/C=C/C(C)=C/C=C/C(C)=C/C=O)=C1C. The van der Waals surface area contributed by atoms with Gasteiger partial charge in [0.2, 0.25) is 0 Å². The lowest BCUT2D eigenvalue weighted by molar-refractivity contribution is -0.145. The van der Waals surface area contributed by atoms with Gasteiger partial charge in [-0.25, -0.2) is 0 Å². The summed E-state index contributed by atoms with van der Waals surface area (Å²) in [5.74, 6) is -0.229. The van der Waals surface area contributed by atoms with Crippen molar-refractivity contribution in [2.24, 2.45) is 5.41 Å². The van der Waals surface area contributed by atoms with Gasteiger partial charge in [0, 0.05) is 6.92 Å². The Morgan fingerprint density at radius 1 is 1.12 bits per heavy atom. The average Bonchev–Trinajstić information content (AvgIpc) is 2.50. The van der Waals surface area contributed by atoms with Gasteiger partial charge in [0.05, 0.1) is 0 Å². The van der Waals surface area contributed by atoms with E-state index in [1.807, 2.05) is 32.1 Å². The van der Waals surface area contributed by atoms with Gasteiger partial charge in [-0.1, -0.05) is 49.8 Å². The first-order valence-electron chi connectivity index (χ1n) is 8.71. The van der Waals surface area contributed by atoms with Crippen LogP contribution in [0, 0.1) is 5.41 Å². The lowest BCUT2D eigenvalue weighted by atomic mass is 9.71. The van der Waals surface area contributed by atoms with Gasteiger partial charge >= 0.3 is 5.97 Å². The van der Waals surface area contributed by atoms with E-state index in [9.17, 15) is 9.59 Å². The second kappa shape index (κ2) is 9.36. The lowest BCUT2D eigenvalue weighted by Crippen LogP contribution is -2.30. The summed E-state index contributed by atoms with van der Waals surface area (Å²) in [6, 6.07) is 0. The molecule has 25 heavy (non-hydrogen) atoms. The van der Waals surface area contributed by atoms with Crippen molar-refractivity contribution in [2.45, 2.75) is 60.5 Å². The summed E-state index contributed by atoms with van der Waals surface area (Å²) in [5.41, 5.74) is 4.46. The highest BCUT2D eigenvalue weighted by Gasteiger charge is 2.33. The fraction of sp³-hybridized carbons (Fsp3) is 0.455. The van der Waals surface area contributed by atoms with E-state index in [0.29, 0.717) is 0 Å². The molecule has 1 unspecified atom stereocenters. The van der Waals surface area contributed by atoms with Gasteiger partial charge in [0.25, 0.3) is 0 Å². The third kappa shape index (κ3) is 6.69. The summed E-state index contributed by atoms with van der Waals surface area (Å²) in [6.45, 7) is 11.9. The maximum absolute atomic E-state index is 11.3. The monoisotopic (exact) mass is 342 g/mol. The Labute approximate surface area is 151 Å². The minimum absolute atomic E-state index is 0.0661. The third-order valence-electron chi connectivity index (χ3n) is 4.54. The molecule has 0 aromatic heterocycles. The second-order valence-corrected chi connectivity index (χ2v) is 7.27. The van der Waals surface area contributed by atoms with E-state index < -0.39 is 0 Å². The van der Waals surface area contributed by atoms with Crippen LogP contribution in [0.3, 0.4) is 0 Å². The first-order chi connectivity index (χ1) is 11.7. The molecule has 0 N–H and O–H groups in total. The van der Waals surface area contributed by atoms with Gasteiger partial charge < -0.3 is 4.74 Å². The van der Waals surface area contributed by atoms with Crippen molar-refractivity contribution in [1.29, 1.82) is 0 Å². The maximum atomic E-state index is 11.3. The Balaban J connectivity index is 2.98. The maximum Gasteiger partial charge on any atom is 0.303 e. The predicted octanol–water partition coefficient (Wildman–Crippen LogP) is 5.26. The molecule has 0 aromatic rings. The minimum atomic E-state index is -0.229. The van der Waals surface area contributed by atoms with Crippen molar-refractivity contribution >= 4 is 12.3 Å². The van der Waals surface area contributed by atoms with Crippen LogP contribution in [0.1, 0.15) is 54.4 Å². The van der Waals surface area contributed by atoms with E-state index in [-0.39, 0.29) is 17.5 Å². The van der Waals surface area contributed by atoms with E-state index in [1.165, 1.54) is 18.6 Å². The van der Waals surface area contributed by atoms with E-state index in [1.54, 1.807) is 0 Å². The van der Waals surface area contributed by atoms with Crippen LogP contribution in [0.15, 0.2) is 58.7 Å². The first-order valence-corrected chi connectivity index (χ1v) is 8.71. The zero-order valence-corrected chi connectivity index (χ0v) is 16.3. The normalized spacial score (nSPS) is 21.9. The van der Waals surface area contributed by atoms with Gasteiger partial charge in [-0.05, 0) is 61.8 Å². The van der Waals surface area contributed by atoms with Crippen LogP contribution in [-0.4, -0.2) is 18.4 Å². The molecule has 1 aliphatic rings. The van der Waals surface area contributed by atoms with Crippen LogP contribution in [0.25, 0.3) is 0 Å². The number of carbonyl (C=O) groups excluding carboxylic acids is 2. The summed E-state index contributed by atoms with van der Waals surface area (Å²) in [5, 5.41) is 0. The van der Waals surface area contributed by atoms with E-state index in [2.05, 4.69) is 32.9 Å². The average molecular weight is 342 g/mol. The Kier molecular flexibility index (Phi) is 7.82. The molecule has 0 aliphatic heterocycles. The zero-order valence-electron chi connectivity index (χ0n) is 16.3. The van der Waals surface area contributed by atoms with Crippen molar-refractivity contribution in [3.63, 3.8) is 0 Å². The highest BCUT2D eigenvalue weighted by molar-refractivity contribution is 5.67. The summed E-state index contributed by atoms with van der Waals surface area (Å²) >= 11 is 0. The van der Waals surface area contributed by atoms with Gasteiger partial charge in [0.15, 0.2) is 0 Å². The number of carbonyl (C=O) groups is 2. The number of hydrogen-bond acceptors (Lipinski definition) is 3. The molecule has 0 fully saturated rings. The molecule has 0 bridgehead atoms.